The van der Waals surface area contributed by atoms with Gasteiger partial charge in [0.05, 0.1) is 11.3 Å². The maximum absolute atomic E-state index is 6.09. The quantitative estimate of drug-likeness (QED) is 0.641. The van der Waals surface area contributed by atoms with Crippen LogP contribution in [0.15, 0.2) is 54.9 Å². The molecule has 4 nitrogen and oxygen atoms in total. The first-order chi connectivity index (χ1) is 11.2. The molecule has 0 unspecified atom stereocenters. The molecule has 23 heavy (non-hydrogen) atoms. The zero-order valence-electron chi connectivity index (χ0n) is 13.4. The summed E-state index contributed by atoms with van der Waals surface area (Å²) in [5.74, 6) is 2.48. The fourth-order valence-electron chi connectivity index (χ4n) is 3.13. The van der Waals surface area contributed by atoms with Crippen molar-refractivity contribution in [3.63, 3.8) is 0 Å². The van der Waals surface area contributed by atoms with Gasteiger partial charge in [-0.25, -0.2) is 9.55 Å². The molecule has 4 heteroatoms. The SMILES string of the molecule is Cc1ccc2c(c1-c1cccc[n+]1C)N(C)c1ncccc1O2. The number of aryl methyl sites for hydroxylation is 2. The van der Waals surface area contributed by atoms with Gasteiger partial charge >= 0.3 is 0 Å². The highest BCUT2D eigenvalue weighted by Gasteiger charge is 2.29. The Hall–Kier alpha value is -2.88. The number of pyridine rings is 2. The predicted octanol–water partition coefficient (Wildman–Crippen LogP) is 3.76. The summed E-state index contributed by atoms with van der Waals surface area (Å²) in [5, 5.41) is 0. The summed E-state index contributed by atoms with van der Waals surface area (Å²) in [6.45, 7) is 2.13. The molecule has 3 aromatic rings. The van der Waals surface area contributed by atoms with Crippen molar-refractivity contribution >= 4 is 11.5 Å². The summed E-state index contributed by atoms with van der Waals surface area (Å²) in [5.41, 5.74) is 4.58. The van der Waals surface area contributed by atoms with E-state index in [1.54, 1.807) is 6.20 Å². The maximum atomic E-state index is 6.09. The normalized spacial score (nSPS) is 12.4. The van der Waals surface area contributed by atoms with Crippen LogP contribution in [0.2, 0.25) is 0 Å². The predicted molar refractivity (Wildman–Crippen MR) is 90.2 cm³/mol. The van der Waals surface area contributed by atoms with Crippen molar-refractivity contribution in [2.45, 2.75) is 6.92 Å². The minimum Gasteiger partial charge on any atom is -0.451 e. The third-order valence-electron chi connectivity index (χ3n) is 4.28. The van der Waals surface area contributed by atoms with Crippen LogP contribution in [0.5, 0.6) is 11.5 Å². The summed E-state index contributed by atoms with van der Waals surface area (Å²) in [7, 11) is 4.10. The van der Waals surface area contributed by atoms with E-state index < -0.39 is 0 Å². The van der Waals surface area contributed by atoms with E-state index >= 15 is 0 Å². The van der Waals surface area contributed by atoms with Crippen molar-refractivity contribution in [3.8, 4) is 22.8 Å². The van der Waals surface area contributed by atoms with E-state index in [0.717, 1.165) is 28.7 Å². The van der Waals surface area contributed by atoms with Crippen molar-refractivity contribution in [1.29, 1.82) is 0 Å². The van der Waals surface area contributed by atoms with E-state index in [1.165, 1.54) is 11.1 Å². The van der Waals surface area contributed by atoms with Gasteiger partial charge in [0.2, 0.25) is 5.69 Å². The van der Waals surface area contributed by atoms with Gasteiger partial charge in [-0.3, -0.25) is 0 Å². The summed E-state index contributed by atoms with van der Waals surface area (Å²) in [4.78, 5) is 6.59. The molecule has 1 aliphatic heterocycles. The number of nitrogens with zero attached hydrogens (tertiary/aromatic N) is 3. The summed E-state index contributed by atoms with van der Waals surface area (Å²) in [6.07, 6.45) is 3.85. The van der Waals surface area contributed by atoms with Crippen molar-refractivity contribution in [1.82, 2.24) is 4.98 Å². The number of ether oxygens (including phenoxy) is 1. The average Bonchev–Trinajstić information content (AvgIpc) is 2.57. The Kier molecular flexibility index (Phi) is 3.05. The van der Waals surface area contributed by atoms with Crippen LogP contribution in [0.4, 0.5) is 11.5 Å². The van der Waals surface area contributed by atoms with Crippen LogP contribution in [0, 0.1) is 6.92 Å². The maximum Gasteiger partial charge on any atom is 0.214 e. The first-order valence-corrected chi connectivity index (χ1v) is 7.62. The van der Waals surface area contributed by atoms with Gasteiger partial charge in [-0.1, -0.05) is 6.07 Å². The Morgan fingerprint density at radius 2 is 1.91 bits per heavy atom. The molecule has 0 saturated carbocycles. The summed E-state index contributed by atoms with van der Waals surface area (Å²) < 4.78 is 8.22. The largest absolute Gasteiger partial charge is 0.451 e. The molecule has 114 valence electrons. The van der Waals surface area contributed by atoms with Crippen LogP contribution in [0.1, 0.15) is 5.56 Å². The van der Waals surface area contributed by atoms with Crippen molar-refractivity contribution in [2.75, 3.05) is 11.9 Å². The first kappa shape index (κ1) is 13.8. The molecule has 1 aromatic carbocycles. The standard InChI is InChI=1S/C19H18N3O/c1-13-9-10-15-18(17(13)14-7-4-5-12-21(14)2)22(3)19-16(23-15)8-6-11-20-19/h4-12H,1-3H3/q+1. The van der Waals surface area contributed by atoms with E-state index in [1.807, 2.05) is 31.3 Å². The Morgan fingerprint density at radius 3 is 2.74 bits per heavy atom. The minimum absolute atomic E-state index is 0.787. The van der Waals surface area contributed by atoms with E-state index in [2.05, 4.69) is 52.8 Å². The minimum atomic E-state index is 0.787. The van der Waals surface area contributed by atoms with Crippen LogP contribution in [0.25, 0.3) is 11.3 Å². The highest BCUT2D eigenvalue weighted by molar-refractivity contribution is 5.88. The van der Waals surface area contributed by atoms with Crippen LogP contribution in [-0.2, 0) is 7.05 Å². The molecule has 3 heterocycles. The Bertz CT molecular complexity index is 905. The summed E-state index contributed by atoms with van der Waals surface area (Å²) in [6, 6.07) is 14.2. The van der Waals surface area contributed by atoms with Gasteiger partial charge in [0.25, 0.3) is 0 Å². The number of hydrogen-bond acceptors (Lipinski definition) is 3. The second kappa shape index (κ2) is 5.09. The third-order valence-corrected chi connectivity index (χ3v) is 4.28. The lowest BCUT2D eigenvalue weighted by molar-refractivity contribution is -0.660. The third kappa shape index (κ3) is 2.06. The van der Waals surface area contributed by atoms with Crippen LogP contribution >= 0.6 is 0 Å². The van der Waals surface area contributed by atoms with Crippen molar-refractivity contribution < 1.29 is 9.30 Å². The Labute approximate surface area is 135 Å². The lowest BCUT2D eigenvalue weighted by Gasteiger charge is -2.30. The van der Waals surface area contributed by atoms with E-state index in [-0.39, 0.29) is 0 Å². The number of hydrogen-bond donors (Lipinski definition) is 0. The van der Waals surface area contributed by atoms with Gasteiger partial charge < -0.3 is 9.64 Å². The van der Waals surface area contributed by atoms with Crippen molar-refractivity contribution in [2.24, 2.45) is 7.05 Å². The van der Waals surface area contributed by atoms with E-state index in [0.29, 0.717) is 0 Å². The number of rotatable bonds is 1. The van der Waals surface area contributed by atoms with Crippen LogP contribution in [-0.4, -0.2) is 12.0 Å². The molecule has 0 bridgehead atoms. The molecule has 0 fully saturated rings. The Balaban J connectivity index is 2.00. The van der Waals surface area contributed by atoms with Crippen LogP contribution < -0.4 is 14.2 Å². The van der Waals surface area contributed by atoms with E-state index in [4.69, 9.17) is 4.74 Å². The fourth-order valence-corrected chi connectivity index (χ4v) is 3.13. The topological polar surface area (TPSA) is 29.2 Å². The zero-order valence-corrected chi connectivity index (χ0v) is 13.4. The smallest absolute Gasteiger partial charge is 0.214 e. The fraction of sp³-hybridized carbons (Fsp3) is 0.158. The second-order valence-electron chi connectivity index (χ2n) is 5.79. The molecular formula is C19H18N3O+. The lowest BCUT2D eigenvalue weighted by atomic mass is 10.00. The molecule has 0 spiro atoms. The van der Waals surface area contributed by atoms with Gasteiger partial charge in [0.1, 0.15) is 7.05 Å². The van der Waals surface area contributed by atoms with Gasteiger partial charge in [-0.2, -0.15) is 0 Å². The molecule has 0 N–H and O–H groups in total. The van der Waals surface area contributed by atoms with Gasteiger partial charge in [-0.15, -0.1) is 0 Å². The number of fused-ring (bicyclic) bond motifs is 2. The Morgan fingerprint density at radius 1 is 1.04 bits per heavy atom. The average molecular weight is 304 g/mol. The molecule has 0 atom stereocenters. The highest BCUT2D eigenvalue weighted by atomic mass is 16.5. The summed E-state index contributed by atoms with van der Waals surface area (Å²) >= 11 is 0. The molecule has 0 radical (unpaired) electrons. The zero-order chi connectivity index (χ0) is 16.0. The van der Waals surface area contributed by atoms with Gasteiger partial charge in [-0.05, 0) is 36.8 Å². The highest BCUT2D eigenvalue weighted by Crippen LogP contribution is 2.49. The molecule has 4 rings (SSSR count). The monoisotopic (exact) mass is 304 g/mol. The number of aromatic nitrogens is 2. The second-order valence-corrected chi connectivity index (χ2v) is 5.79. The molecule has 2 aromatic heterocycles. The molecule has 0 aliphatic carbocycles. The first-order valence-electron chi connectivity index (χ1n) is 7.62. The molecule has 0 amide bonds. The van der Waals surface area contributed by atoms with Gasteiger partial charge in [0.15, 0.2) is 23.5 Å². The van der Waals surface area contributed by atoms with Crippen molar-refractivity contribution in [3.05, 3.63) is 60.4 Å². The molecule has 1 aliphatic rings. The van der Waals surface area contributed by atoms with Crippen LogP contribution in [0.3, 0.4) is 0 Å². The molecule has 0 saturated heterocycles. The lowest BCUT2D eigenvalue weighted by Crippen LogP contribution is -2.31. The number of anilines is 2. The molecular weight excluding hydrogens is 286 g/mol. The number of benzene rings is 1. The van der Waals surface area contributed by atoms with Gasteiger partial charge in [0, 0.05) is 25.4 Å². The van der Waals surface area contributed by atoms with E-state index in [9.17, 15) is 0 Å².